The highest BCUT2D eigenvalue weighted by molar-refractivity contribution is 6.01. The number of urea groups is 1. The van der Waals surface area contributed by atoms with Crippen molar-refractivity contribution < 1.29 is 9.72 Å². The van der Waals surface area contributed by atoms with Gasteiger partial charge in [-0.15, -0.1) is 0 Å². The molecule has 29 heavy (non-hydrogen) atoms. The van der Waals surface area contributed by atoms with E-state index >= 15 is 0 Å². The zero-order valence-corrected chi connectivity index (χ0v) is 15.8. The molecular formula is C23H19N3O3. The molecule has 0 radical (unpaired) electrons. The van der Waals surface area contributed by atoms with Crippen LogP contribution < -0.4 is 10.6 Å². The van der Waals surface area contributed by atoms with E-state index in [1.807, 2.05) is 55.5 Å². The second-order valence-electron chi connectivity index (χ2n) is 6.83. The Balaban J connectivity index is 1.60. The number of nitrogens with zero attached hydrogens (tertiary/aromatic N) is 1. The summed E-state index contributed by atoms with van der Waals surface area (Å²) >= 11 is 0. The Kier molecular flexibility index (Phi) is 4.83. The van der Waals surface area contributed by atoms with Crippen LogP contribution in [0.5, 0.6) is 0 Å². The average molecular weight is 385 g/mol. The van der Waals surface area contributed by atoms with Crippen molar-refractivity contribution in [2.45, 2.75) is 13.0 Å². The van der Waals surface area contributed by atoms with E-state index < -0.39 is 11.0 Å². The summed E-state index contributed by atoms with van der Waals surface area (Å²) in [5.74, 6) is 0. The summed E-state index contributed by atoms with van der Waals surface area (Å²) in [7, 11) is 0. The van der Waals surface area contributed by atoms with Gasteiger partial charge in [-0.2, -0.15) is 0 Å². The Labute approximate surface area is 167 Å². The number of benzene rings is 4. The first-order valence-corrected chi connectivity index (χ1v) is 9.26. The highest BCUT2D eigenvalue weighted by Crippen LogP contribution is 2.33. The lowest BCUT2D eigenvalue weighted by Gasteiger charge is -2.17. The third kappa shape index (κ3) is 3.60. The summed E-state index contributed by atoms with van der Waals surface area (Å²) in [6.07, 6.45) is 0. The maximum Gasteiger partial charge on any atom is 0.319 e. The molecule has 144 valence electrons. The molecule has 4 aromatic rings. The molecule has 0 aliphatic heterocycles. The van der Waals surface area contributed by atoms with Crippen molar-refractivity contribution in [3.63, 3.8) is 0 Å². The van der Waals surface area contributed by atoms with Gasteiger partial charge in [0.25, 0.3) is 0 Å². The van der Waals surface area contributed by atoms with Crippen LogP contribution >= 0.6 is 0 Å². The van der Waals surface area contributed by atoms with Crippen molar-refractivity contribution in [2.24, 2.45) is 0 Å². The minimum atomic E-state index is -0.496. The Hall–Kier alpha value is -3.93. The fourth-order valence-corrected chi connectivity index (χ4v) is 3.61. The molecular weight excluding hydrogens is 366 g/mol. The fraction of sp³-hybridized carbons (Fsp3) is 0.0870. The third-order valence-corrected chi connectivity index (χ3v) is 4.97. The summed E-state index contributed by atoms with van der Waals surface area (Å²) in [6, 6.07) is 23.5. The average Bonchev–Trinajstić information content (AvgIpc) is 2.72. The van der Waals surface area contributed by atoms with Crippen LogP contribution in [0, 0.1) is 10.1 Å². The smallest absolute Gasteiger partial charge is 0.319 e. The van der Waals surface area contributed by atoms with Crippen LogP contribution in [0.15, 0.2) is 78.9 Å². The molecule has 0 saturated carbocycles. The Bertz CT molecular complexity index is 1230. The van der Waals surface area contributed by atoms with E-state index in [0.717, 1.165) is 21.7 Å². The van der Waals surface area contributed by atoms with Crippen LogP contribution in [0.2, 0.25) is 0 Å². The molecule has 6 nitrogen and oxygen atoms in total. The van der Waals surface area contributed by atoms with Gasteiger partial charge >= 0.3 is 11.7 Å². The van der Waals surface area contributed by atoms with Gasteiger partial charge in [-0.3, -0.25) is 10.1 Å². The largest absolute Gasteiger partial charge is 0.331 e. The lowest BCUT2D eigenvalue weighted by molar-refractivity contribution is -0.382. The van der Waals surface area contributed by atoms with Gasteiger partial charge in [-0.25, -0.2) is 4.79 Å². The number of hydrogen-bond donors (Lipinski definition) is 2. The summed E-state index contributed by atoms with van der Waals surface area (Å²) in [5, 5.41) is 20.5. The van der Waals surface area contributed by atoms with Gasteiger partial charge in [0.05, 0.1) is 16.4 Å². The molecule has 2 amide bonds. The topological polar surface area (TPSA) is 84.3 Å². The molecule has 4 aromatic carbocycles. The normalized spacial score (nSPS) is 11.9. The number of carbonyl (C=O) groups is 1. The molecule has 0 heterocycles. The number of anilines is 1. The van der Waals surface area contributed by atoms with Crippen LogP contribution in [-0.4, -0.2) is 11.0 Å². The van der Waals surface area contributed by atoms with Crippen molar-refractivity contribution in [1.29, 1.82) is 0 Å². The zero-order valence-electron chi connectivity index (χ0n) is 15.8. The molecule has 4 rings (SSSR count). The van der Waals surface area contributed by atoms with Crippen LogP contribution in [0.25, 0.3) is 21.5 Å². The Morgan fingerprint density at radius 2 is 1.48 bits per heavy atom. The second-order valence-corrected chi connectivity index (χ2v) is 6.83. The summed E-state index contributed by atoms with van der Waals surface area (Å²) < 4.78 is 0. The summed E-state index contributed by atoms with van der Waals surface area (Å²) in [6.45, 7) is 1.89. The van der Waals surface area contributed by atoms with E-state index in [0.29, 0.717) is 5.39 Å². The van der Waals surface area contributed by atoms with Gasteiger partial charge < -0.3 is 10.6 Å². The lowest BCUT2D eigenvalue weighted by atomic mass is 10.00. The van der Waals surface area contributed by atoms with Crippen LogP contribution in [0.3, 0.4) is 0 Å². The highest BCUT2D eigenvalue weighted by Gasteiger charge is 2.21. The standard InChI is InChI=1S/C23H19N3O3/c1-15(18-12-6-9-16-7-2-4-10-19(16)18)24-23(27)25-21-14-13-17-8-3-5-11-20(17)22(21)26(28)29/h2-15H,1H3,(H2,24,25,27)/t15-/m1/s1. The van der Waals surface area contributed by atoms with Gasteiger partial charge in [0.15, 0.2) is 0 Å². The van der Waals surface area contributed by atoms with Crippen molar-refractivity contribution in [2.75, 3.05) is 5.32 Å². The van der Waals surface area contributed by atoms with Crippen molar-refractivity contribution in [3.8, 4) is 0 Å². The quantitative estimate of drug-likeness (QED) is 0.345. The van der Waals surface area contributed by atoms with Crippen molar-refractivity contribution in [3.05, 3.63) is 94.5 Å². The summed E-state index contributed by atoms with van der Waals surface area (Å²) in [5.41, 5.74) is 1.03. The lowest BCUT2D eigenvalue weighted by Crippen LogP contribution is -2.31. The monoisotopic (exact) mass is 385 g/mol. The number of fused-ring (bicyclic) bond motifs is 2. The predicted octanol–water partition coefficient (Wildman–Crippen LogP) is 5.78. The van der Waals surface area contributed by atoms with Gasteiger partial charge in [0, 0.05) is 0 Å². The first-order valence-electron chi connectivity index (χ1n) is 9.26. The second kappa shape index (κ2) is 7.59. The SMILES string of the molecule is C[C@@H](NC(=O)Nc1ccc2ccccc2c1[N+](=O)[O-])c1cccc2ccccc12. The molecule has 1 atom stereocenters. The number of amides is 2. The number of nitro groups is 1. The Morgan fingerprint density at radius 1 is 0.862 bits per heavy atom. The maximum atomic E-state index is 12.6. The summed E-state index contributed by atoms with van der Waals surface area (Å²) in [4.78, 5) is 23.8. The van der Waals surface area contributed by atoms with Crippen molar-refractivity contribution >= 4 is 39.0 Å². The molecule has 0 bridgehead atoms. The number of carbonyl (C=O) groups excluding carboxylic acids is 1. The molecule has 2 N–H and O–H groups in total. The number of hydrogen-bond acceptors (Lipinski definition) is 3. The maximum absolute atomic E-state index is 12.6. The molecule has 6 heteroatoms. The van der Waals surface area contributed by atoms with E-state index in [1.54, 1.807) is 30.3 Å². The first kappa shape index (κ1) is 18.4. The minimum Gasteiger partial charge on any atom is -0.331 e. The number of nitro benzene ring substituents is 1. The highest BCUT2D eigenvalue weighted by atomic mass is 16.6. The molecule has 0 unspecified atom stereocenters. The van der Waals surface area contributed by atoms with Gasteiger partial charge in [0.1, 0.15) is 5.69 Å². The van der Waals surface area contributed by atoms with E-state index in [-0.39, 0.29) is 17.4 Å². The van der Waals surface area contributed by atoms with Crippen LogP contribution in [0.1, 0.15) is 18.5 Å². The van der Waals surface area contributed by atoms with Crippen LogP contribution in [-0.2, 0) is 0 Å². The van der Waals surface area contributed by atoms with E-state index in [1.165, 1.54) is 0 Å². The molecule has 0 aliphatic rings. The third-order valence-electron chi connectivity index (χ3n) is 4.97. The van der Waals surface area contributed by atoms with Gasteiger partial charge in [-0.1, -0.05) is 66.7 Å². The fourth-order valence-electron chi connectivity index (χ4n) is 3.61. The Morgan fingerprint density at radius 3 is 2.21 bits per heavy atom. The molecule has 0 fully saturated rings. The van der Waals surface area contributed by atoms with E-state index in [2.05, 4.69) is 10.6 Å². The van der Waals surface area contributed by atoms with Gasteiger partial charge in [0.2, 0.25) is 0 Å². The number of rotatable bonds is 4. The molecule has 0 aliphatic carbocycles. The van der Waals surface area contributed by atoms with Crippen molar-refractivity contribution in [1.82, 2.24) is 5.32 Å². The van der Waals surface area contributed by atoms with Crippen LogP contribution in [0.4, 0.5) is 16.2 Å². The molecule has 0 saturated heterocycles. The number of nitrogens with one attached hydrogen (secondary N) is 2. The predicted molar refractivity (Wildman–Crippen MR) is 115 cm³/mol. The molecule has 0 aromatic heterocycles. The zero-order chi connectivity index (χ0) is 20.4. The first-order chi connectivity index (χ1) is 14.0. The van der Waals surface area contributed by atoms with E-state index in [4.69, 9.17) is 0 Å². The molecule has 0 spiro atoms. The minimum absolute atomic E-state index is 0.115. The van der Waals surface area contributed by atoms with E-state index in [9.17, 15) is 14.9 Å². The van der Waals surface area contributed by atoms with Gasteiger partial charge in [-0.05, 0) is 40.8 Å².